The van der Waals surface area contributed by atoms with E-state index in [1.54, 1.807) is 12.1 Å². The zero-order chi connectivity index (χ0) is 15.9. The summed E-state index contributed by atoms with van der Waals surface area (Å²) in [5.41, 5.74) is 5.64. The minimum Gasteiger partial charge on any atom is -0.504 e. The maximum absolute atomic E-state index is 12.7. The quantitative estimate of drug-likeness (QED) is 0.619. The summed E-state index contributed by atoms with van der Waals surface area (Å²) in [4.78, 5) is 12.7. The Morgan fingerprint density at radius 2 is 1.77 bits per heavy atom. The maximum atomic E-state index is 12.7. The highest BCUT2D eigenvalue weighted by Crippen LogP contribution is 2.31. The number of phenolic OH excluding ortho intramolecular Hbond substituents is 2. The van der Waals surface area contributed by atoms with E-state index in [1.807, 2.05) is 19.9 Å². The van der Waals surface area contributed by atoms with E-state index in [0.717, 1.165) is 28.7 Å². The lowest BCUT2D eigenvalue weighted by atomic mass is 9.83. The molecule has 0 amide bonds. The van der Waals surface area contributed by atoms with Gasteiger partial charge >= 0.3 is 0 Å². The molecular weight excluding hydrogens is 276 g/mol. The molecule has 0 aromatic heterocycles. The van der Waals surface area contributed by atoms with Gasteiger partial charge in [0.1, 0.15) is 0 Å². The van der Waals surface area contributed by atoms with Crippen LogP contribution < -0.4 is 0 Å². The molecule has 0 radical (unpaired) electrons. The van der Waals surface area contributed by atoms with E-state index >= 15 is 0 Å². The van der Waals surface area contributed by atoms with Crippen molar-refractivity contribution in [2.24, 2.45) is 0 Å². The van der Waals surface area contributed by atoms with Gasteiger partial charge in [-0.15, -0.1) is 0 Å². The van der Waals surface area contributed by atoms with Crippen LogP contribution in [0.2, 0.25) is 0 Å². The molecule has 0 heterocycles. The number of aromatic hydroxyl groups is 2. The van der Waals surface area contributed by atoms with Gasteiger partial charge in [0.2, 0.25) is 0 Å². The number of rotatable bonds is 1. The van der Waals surface area contributed by atoms with E-state index in [2.05, 4.69) is 6.07 Å². The molecule has 0 aliphatic heterocycles. The highest BCUT2D eigenvalue weighted by Gasteiger charge is 2.23. The van der Waals surface area contributed by atoms with Gasteiger partial charge in [-0.1, -0.05) is 17.7 Å². The summed E-state index contributed by atoms with van der Waals surface area (Å²) in [6.07, 6.45) is 3.34. The number of allylic oxidation sites excluding steroid dienone is 1. The fourth-order valence-electron chi connectivity index (χ4n) is 3.05. The van der Waals surface area contributed by atoms with Crippen LogP contribution in [-0.2, 0) is 6.42 Å². The Morgan fingerprint density at radius 1 is 1.00 bits per heavy atom. The number of aryl methyl sites for hydroxylation is 2. The number of fused-ring (bicyclic) bond motifs is 1. The molecule has 112 valence electrons. The van der Waals surface area contributed by atoms with E-state index in [9.17, 15) is 15.0 Å². The van der Waals surface area contributed by atoms with Crippen LogP contribution in [0.3, 0.4) is 0 Å². The fourth-order valence-corrected chi connectivity index (χ4v) is 3.05. The van der Waals surface area contributed by atoms with Gasteiger partial charge in [0.05, 0.1) is 0 Å². The molecule has 3 heteroatoms. The summed E-state index contributed by atoms with van der Waals surface area (Å²) in [7, 11) is 0. The lowest BCUT2D eigenvalue weighted by Gasteiger charge is -2.20. The smallest absolute Gasteiger partial charge is 0.189 e. The van der Waals surface area contributed by atoms with Gasteiger partial charge in [0.25, 0.3) is 0 Å². The average molecular weight is 294 g/mol. The minimum atomic E-state index is -0.176. The highest BCUT2D eigenvalue weighted by molar-refractivity contribution is 6.13. The van der Waals surface area contributed by atoms with Crippen LogP contribution in [0, 0.1) is 13.8 Å². The first-order valence-electron chi connectivity index (χ1n) is 7.33. The monoisotopic (exact) mass is 294 g/mol. The minimum absolute atomic E-state index is 0.0561. The van der Waals surface area contributed by atoms with Crippen molar-refractivity contribution in [3.63, 3.8) is 0 Å². The lowest BCUT2D eigenvalue weighted by Crippen LogP contribution is -2.15. The maximum Gasteiger partial charge on any atom is 0.189 e. The Kier molecular flexibility index (Phi) is 3.49. The topological polar surface area (TPSA) is 57.5 Å². The number of hydrogen-bond acceptors (Lipinski definition) is 3. The molecule has 2 aromatic carbocycles. The van der Waals surface area contributed by atoms with E-state index < -0.39 is 0 Å². The Hall–Kier alpha value is -2.55. The molecule has 2 aromatic rings. The second-order valence-corrected chi connectivity index (χ2v) is 5.85. The number of hydrogen-bond donors (Lipinski definition) is 2. The summed E-state index contributed by atoms with van der Waals surface area (Å²) in [5, 5.41) is 18.9. The van der Waals surface area contributed by atoms with E-state index in [4.69, 9.17) is 0 Å². The molecule has 3 nitrogen and oxygen atoms in total. The third-order valence-electron chi connectivity index (χ3n) is 4.14. The van der Waals surface area contributed by atoms with Crippen LogP contribution in [0.4, 0.5) is 0 Å². The zero-order valence-corrected chi connectivity index (χ0v) is 12.7. The van der Waals surface area contributed by atoms with Crippen molar-refractivity contribution in [2.75, 3.05) is 0 Å². The molecule has 1 aliphatic carbocycles. The van der Waals surface area contributed by atoms with Gasteiger partial charge in [-0.3, -0.25) is 4.79 Å². The van der Waals surface area contributed by atoms with Crippen LogP contribution in [0.25, 0.3) is 6.08 Å². The molecule has 0 spiro atoms. The second kappa shape index (κ2) is 5.34. The SMILES string of the molecule is Cc1cc(C)c2c(c1)C(=O)C(=Cc1ccc(O)c(O)c1)CC2. The molecular formula is C19H18O3. The predicted molar refractivity (Wildman–Crippen MR) is 86.3 cm³/mol. The number of Topliss-reactive ketones (excluding diaryl/α,β-unsaturated/α-hetero) is 1. The molecule has 22 heavy (non-hydrogen) atoms. The first-order valence-corrected chi connectivity index (χ1v) is 7.33. The molecule has 2 N–H and O–H groups in total. The summed E-state index contributed by atoms with van der Waals surface area (Å²) >= 11 is 0. The van der Waals surface area contributed by atoms with Crippen LogP contribution in [0.1, 0.15) is 39.0 Å². The predicted octanol–water partition coefficient (Wildman–Crippen LogP) is 3.93. The van der Waals surface area contributed by atoms with Gasteiger partial charge in [0.15, 0.2) is 17.3 Å². The van der Waals surface area contributed by atoms with Gasteiger partial charge < -0.3 is 10.2 Å². The molecule has 0 fully saturated rings. The molecule has 0 saturated heterocycles. The van der Waals surface area contributed by atoms with Gasteiger partial charge in [-0.2, -0.15) is 0 Å². The molecule has 1 aliphatic rings. The summed E-state index contributed by atoms with van der Waals surface area (Å²) in [6, 6.07) is 8.64. The highest BCUT2D eigenvalue weighted by atomic mass is 16.3. The molecule has 0 bridgehead atoms. The van der Waals surface area contributed by atoms with Crippen LogP contribution in [0.15, 0.2) is 35.9 Å². The zero-order valence-electron chi connectivity index (χ0n) is 12.7. The number of benzene rings is 2. The van der Waals surface area contributed by atoms with Gasteiger partial charge in [0, 0.05) is 11.1 Å². The van der Waals surface area contributed by atoms with Crippen molar-refractivity contribution in [2.45, 2.75) is 26.7 Å². The lowest BCUT2D eigenvalue weighted by molar-refractivity contribution is 0.102. The second-order valence-electron chi connectivity index (χ2n) is 5.85. The Bertz CT molecular complexity index is 801. The summed E-state index contributed by atoms with van der Waals surface area (Å²) in [6.45, 7) is 4.04. The van der Waals surface area contributed by atoms with Gasteiger partial charge in [-0.05, 0) is 67.7 Å². The number of ketones is 1. The first-order chi connectivity index (χ1) is 10.5. The van der Waals surface area contributed by atoms with Crippen LogP contribution >= 0.6 is 0 Å². The van der Waals surface area contributed by atoms with Crippen LogP contribution in [0.5, 0.6) is 11.5 Å². The van der Waals surface area contributed by atoms with Crippen molar-refractivity contribution in [3.05, 3.63) is 63.7 Å². The third-order valence-corrected chi connectivity index (χ3v) is 4.14. The Labute approximate surface area is 129 Å². The van der Waals surface area contributed by atoms with E-state index in [-0.39, 0.29) is 17.3 Å². The van der Waals surface area contributed by atoms with Crippen molar-refractivity contribution in [3.8, 4) is 11.5 Å². The Balaban J connectivity index is 2.02. The number of carbonyl (C=O) groups excluding carboxylic acids is 1. The van der Waals surface area contributed by atoms with Crippen molar-refractivity contribution in [1.82, 2.24) is 0 Å². The Morgan fingerprint density at radius 3 is 2.50 bits per heavy atom. The first kappa shape index (κ1) is 14.4. The van der Waals surface area contributed by atoms with Crippen molar-refractivity contribution >= 4 is 11.9 Å². The normalized spacial score (nSPS) is 15.9. The van der Waals surface area contributed by atoms with Crippen molar-refractivity contribution in [1.29, 1.82) is 0 Å². The third kappa shape index (κ3) is 2.50. The van der Waals surface area contributed by atoms with E-state index in [1.165, 1.54) is 17.7 Å². The molecule has 0 saturated carbocycles. The largest absolute Gasteiger partial charge is 0.504 e. The van der Waals surface area contributed by atoms with E-state index in [0.29, 0.717) is 12.0 Å². The van der Waals surface area contributed by atoms with Gasteiger partial charge in [-0.25, -0.2) is 0 Å². The number of carbonyl (C=O) groups is 1. The number of phenols is 2. The molecule has 0 atom stereocenters. The molecule has 0 unspecified atom stereocenters. The summed E-state index contributed by atoms with van der Waals surface area (Å²) < 4.78 is 0. The summed E-state index contributed by atoms with van der Waals surface area (Å²) in [5.74, 6) is -0.279. The average Bonchev–Trinajstić information content (AvgIpc) is 2.46. The molecule has 3 rings (SSSR count). The fraction of sp³-hybridized carbons (Fsp3) is 0.211. The van der Waals surface area contributed by atoms with Crippen LogP contribution in [-0.4, -0.2) is 16.0 Å². The standard InChI is InChI=1S/C19H18O3/c1-11-7-12(2)15-5-4-14(19(22)16(15)8-11)9-13-3-6-17(20)18(21)10-13/h3,6-10,20-21H,4-5H2,1-2H3. The van der Waals surface area contributed by atoms with Crippen molar-refractivity contribution < 1.29 is 15.0 Å².